The molecule has 4 rings (SSSR count). The number of aromatic nitrogens is 2. The Balaban J connectivity index is 1.29. The summed E-state index contributed by atoms with van der Waals surface area (Å²) in [6, 6.07) is 12.3. The van der Waals surface area contributed by atoms with E-state index in [0.717, 1.165) is 30.0 Å². The molecule has 1 aromatic carbocycles. The summed E-state index contributed by atoms with van der Waals surface area (Å²) in [7, 11) is 0. The quantitative estimate of drug-likeness (QED) is 0.521. The van der Waals surface area contributed by atoms with Crippen LogP contribution in [-0.2, 0) is 0 Å². The van der Waals surface area contributed by atoms with Crippen LogP contribution in [0.3, 0.4) is 0 Å². The van der Waals surface area contributed by atoms with Crippen LogP contribution in [0.4, 0.5) is 14.5 Å². The van der Waals surface area contributed by atoms with Crippen LogP contribution in [0.25, 0.3) is 0 Å². The molecule has 1 saturated heterocycles. The monoisotopic (exact) mass is 458 g/mol. The van der Waals surface area contributed by atoms with E-state index in [1.54, 1.807) is 12.3 Å². The van der Waals surface area contributed by atoms with Gasteiger partial charge in [-0.15, -0.1) is 0 Å². The van der Waals surface area contributed by atoms with Gasteiger partial charge in [-0.2, -0.15) is 0 Å². The molecule has 1 aliphatic rings. The van der Waals surface area contributed by atoms with E-state index in [2.05, 4.69) is 20.4 Å². The van der Waals surface area contributed by atoms with Crippen molar-refractivity contribution < 1.29 is 27.6 Å². The molecule has 1 N–H and O–H groups in total. The Kier molecular flexibility index (Phi) is 7.01. The SMILES string of the molecule is C[C@H](NC(=O)c1ccon1)c1ccc(OC2CCN(c3ccnc(OCC(F)F)c3)C2)cc1. The van der Waals surface area contributed by atoms with Gasteiger partial charge in [-0.3, -0.25) is 4.79 Å². The molecule has 2 atom stereocenters. The largest absolute Gasteiger partial charge is 0.489 e. The van der Waals surface area contributed by atoms with Gasteiger partial charge in [0.25, 0.3) is 12.3 Å². The molecule has 1 amide bonds. The van der Waals surface area contributed by atoms with Crippen molar-refractivity contribution in [3.8, 4) is 11.6 Å². The van der Waals surface area contributed by atoms with E-state index in [9.17, 15) is 13.6 Å². The molecule has 1 unspecified atom stereocenters. The van der Waals surface area contributed by atoms with Crippen LogP contribution in [-0.4, -0.2) is 48.3 Å². The zero-order chi connectivity index (χ0) is 23.2. The molecule has 1 aliphatic heterocycles. The van der Waals surface area contributed by atoms with Gasteiger partial charge >= 0.3 is 0 Å². The number of halogens is 2. The van der Waals surface area contributed by atoms with Gasteiger partial charge in [0.2, 0.25) is 5.88 Å². The zero-order valence-electron chi connectivity index (χ0n) is 18.0. The number of ether oxygens (including phenoxy) is 2. The van der Waals surface area contributed by atoms with Gasteiger partial charge in [0, 0.05) is 37.0 Å². The van der Waals surface area contributed by atoms with E-state index in [1.807, 2.05) is 37.3 Å². The van der Waals surface area contributed by atoms with E-state index < -0.39 is 13.0 Å². The summed E-state index contributed by atoms with van der Waals surface area (Å²) in [6.45, 7) is 2.63. The number of carbonyl (C=O) groups is 1. The van der Waals surface area contributed by atoms with Crippen molar-refractivity contribution >= 4 is 11.6 Å². The molecular weight excluding hydrogens is 434 g/mol. The summed E-state index contributed by atoms with van der Waals surface area (Å²) >= 11 is 0. The van der Waals surface area contributed by atoms with Crippen LogP contribution < -0.4 is 19.7 Å². The lowest BCUT2D eigenvalue weighted by molar-refractivity contribution is 0.0796. The van der Waals surface area contributed by atoms with Crippen molar-refractivity contribution in [2.75, 3.05) is 24.6 Å². The highest BCUT2D eigenvalue weighted by Crippen LogP contribution is 2.26. The molecule has 33 heavy (non-hydrogen) atoms. The molecule has 3 aromatic rings. The smallest absolute Gasteiger partial charge is 0.273 e. The van der Waals surface area contributed by atoms with Crippen molar-refractivity contribution in [2.24, 2.45) is 0 Å². The zero-order valence-corrected chi connectivity index (χ0v) is 18.0. The molecule has 2 aromatic heterocycles. The number of nitrogens with zero attached hydrogens (tertiary/aromatic N) is 3. The minimum atomic E-state index is -2.54. The molecule has 1 fully saturated rings. The summed E-state index contributed by atoms with van der Waals surface area (Å²) < 4.78 is 40.5. The van der Waals surface area contributed by atoms with Gasteiger partial charge < -0.3 is 24.2 Å². The second kappa shape index (κ2) is 10.3. The average molecular weight is 458 g/mol. The van der Waals surface area contributed by atoms with Gasteiger partial charge in [0.15, 0.2) is 12.3 Å². The van der Waals surface area contributed by atoms with Gasteiger partial charge in [-0.25, -0.2) is 13.8 Å². The number of benzene rings is 1. The molecule has 174 valence electrons. The third-order valence-electron chi connectivity index (χ3n) is 5.29. The minimum Gasteiger partial charge on any atom is -0.489 e. The van der Waals surface area contributed by atoms with Crippen LogP contribution in [0.15, 0.2) is 59.4 Å². The van der Waals surface area contributed by atoms with Crippen molar-refractivity contribution in [1.29, 1.82) is 0 Å². The lowest BCUT2D eigenvalue weighted by Gasteiger charge is -2.20. The first kappa shape index (κ1) is 22.5. The molecule has 0 bridgehead atoms. The standard InChI is InChI=1S/C23H24F2N4O4/c1-15(27-23(30)20-8-11-32-28-20)16-2-4-18(5-3-16)33-19-7-10-29(13-19)17-6-9-26-22(12-17)31-14-21(24)25/h2-6,8-9,11-12,15,19,21H,7,10,13-14H2,1H3,(H,27,30)/t15-,19?/m0/s1. The van der Waals surface area contributed by atoms with E-state index in [4.69, 9.17) is 14.0 Å². The first-order valence-electron chi connectivity index (χ1n) is 10.6. The predicted octanol–water partition coefficient (Wildman–Crippen LogP) is 3.86. The molecule has 0 saturated carbocycles. The van der Waals surface area contributed by atoms with E-state index in [1.165, 1.54) is 12.3 Å². The fraction of sp³-hybridized carbons (Fsp3) is 0.348. The maximum atomic E-state index is 12.4. The Labute approximate surface area is 189 Å². The summed E-state index contributed by atoms with van der Waals surface area (Å²) in [5.41, 5.74) is 2.02. The van der Waals surface area contributed by atoms with Gasteiger partial charge in [-0.05, 0) is 30.7 Å². The summed E-state index contributed by atoms with van der Waals surface area (Å²) in [5, 5.41) is 6.50. The Morgan fingerprint density at radius 3 is 2.82 bits per heavy atom. The number of anilines is 1. The number of pyridine rings is 1. The number of hydrogen-bond acceptors (Lipinski definition) is 7. The van der Waals surface area contributed by atoms with Crippen molar-refractivity contribution in [3.63, 3.8) is 0 Å². The van der Waals surface area contributed by atoms with Crippen LogP contribution in [0.5, 0.6) is 11.6 Å². The molecule has 3 heterocycles. The van der Waals surface area contributed by atoms with E-state index in [0.29, 0.717) is 6.54 Å². The summed E-state index contributed by atoms with van der Waals surface area (Å²) in [4.78, 5) is 18.2. The molecule has 0 radical (unpaired) electrons. The summed E-state index contributed by atoms with van der Waals surface area (Å²) in [5.74, 6) is 0.607. The van der Waals surface area contributed by atoms with E-state index in [-0.39, 0.29) is 29.6 Å². The number of rotatable bonds is 9. The Bertz CT molecular complexity index is 1050. The fourth-order valence-corrected chi connectivity index (χ4v) is 3.59. The molecule has 0 spiro atoms. The number of hydrogen-bond donors (Lipinski definition) is 1. The highest BCUT2D eigenvalue weighted by Gasteiger charge is 2.25. The third kappa shape index (κ3) is 5.97. The maximum Gasteiger partial charge on any atom is 0.273 e. The van der Waals surface area contributed by atoms with Gasteiger partial charge in [0.1, 0.15) is 18.1 Å². The minimum absolute atomic E-state index is 0.0151. The van der Waals surface area contributed by atoms with Crippen LogP contribution in [0.2, 0.25) is 0 Å². The van der Waals surface area contributed by atoms with Gasteiger partial charge in [0.05, 0.1) is 12.6 Å². The third-order valence-corrected chi connectivity index (χ3v) is 5.29. The number of carbonyl (C=O) groups excluding carboxylic acids is 1. The predicted molar refractivity (Wildman–Crippen MR) is 116 cm³/mol. The molecule has 10 heteroatoms. The molecular formula is C23H24F2N4O4. The number of amides is 1. The Morgan fingerprint density at radius 1 is 1.27 bits per heavy atom. The van der Waals surface area contributed by atoms with Crippen molar-refractivity contribution in [3.05, 3.63) is 66.2 Å². The van der Waals surface area contributed by atoms with E-state index >= 15 is 0 Å². The lowest BCUT2D eigenvalue weighted by Crippen LogP contribution is -2.27. The van der Waals surface area contributed by atoms with Crippen LogP contribution >= 0.6 is 0 Å². The van der Waals surface area contributed by atoms with Gasteiger partial charge in [-0.1, -0.05) is 17.3 Å². The Morgan fingerprint density at radius 2 is 2.09 bits per heavy atom. The van der Waals surface area contributed by atoms with Crippen LogP contribution in [0.1, 0.15) is 35.4 Å². The Hall–Kier alpha value is -3.69. The van der Waals surface area contributed by atoms with Crippen LogP contribution in [0, 0.1) is 0 Å². The second-order valence-corrected chi connectivity index (χ2v) is 7.68. The second-order valence-electron chi connectivity index (χ2n) is 7.68. The molecule has 0 aliphatic carbocycles. The topological polar surface area (TPSA) is 89.7 Å². The summed E-state index contributed by atoms with van der Waals surface area (Å²) in [6.07, 6.45) is 1.16. The lowest BCUT2D eigenvalue weighted by atomic mass is 10.1. The average Bonchev–Trinajstić information content (AvgIpc) is 3.51. The molecule has 8 nitrogen and oxygen atoms in total. The number of alkyl halides is 2. The highest BCUT2D eigenvalue weighted by atomic mass is 19.3. The number of nitrogens with one attached hydrogen (secondary N) is 1. The highest BCUT2D eigenvalue weighted by molar-refractivity contribution is 5.92. The maximum absolute atomic E-state index is 12.4. The fourth-order valence-electron chi connectivity index (χ4n) is 3.59. The normalized spacial score (nSPS) is 16.6. The van der Waals surface area contributed by atoms with Crippen molar-refractivity contribution in [2.45, 2.75) is 31.9 Å². The van der Waals surface area contributed by atoms with Crippen molar-refractivity contribution in [1.82, 2.24) is 15.5 Å². The first-order valence-corrected chi connectivity index (χ1v) is 10.6. The first-order chi connectivity index (χ1) is 16.0.